The summed E-state index contributed by atoms with van der Waals surface area (Å²) < 4.78 is 27.5. The molecule has 1 fully saturated rings. The maximum atomic E-state index is 12.5. The van der Waals surface area contributed by atoms with E-state index >= 15 is 0 Å². The van der Waals surface area contributed by atoms with E-state index < -0.39 is 10.0 Å². The van der Waals surface area contributed by atoms with Gasteiger partial charge in [0.05, 0.1) is 0 Å². The van der Waals surface area contributed by atoms with Gasteiger partial charge in [-0.05, 0) is 43.3 Å². The highest BCUT2D eigenvalue weighted by molar-refractivity contribution is 7.92. The van der Waals surface area contributed by atoms with Crippen LogP contribution in [0.4, 0.5) is 5.82 Å². The van der Waals surface area contributed by atoms with E-state index in [1.165, 1.54) is 24.2 Å². The molecule has 21 heavy (non-hydrogen) atoms. The number of sulfonamides is 1. The Kier molecular flexibility index (Phi) is 3.97. The second-order valence-electron chi connectivity index (χ2n) is 5.13. The lowest BCUT2D eigenvalue weighted by Gasteiger charge is -2.09. The number of anilines is 1. The molecule has 0 radical (unpaired) electrons. The average Bonchev–Trinajstić information content (AvgIpc) is 3.12. The molecule has 2 N–H and O–H groups in total. The normalized spacial score (nSPS) is 15.1. The van der Waals surface area contributed by atoms with Gasteiger partial charge in [0.1, 0.15) is 10.7 Å². The van der Waals surface area contributed by atoms with Crippen LogP contribution in [0.3, 0.4) is 0 Å². The van der Waals surface area contributed by atoms with E-state index in [2.05, 4.69) is 15.0 Å². The van der Waals surface area contributed by atoms with Crippen molar-refractivity contribution >= 4 is 27.2 Å². The molecule has 1 saturated carbocycles. The van der Waals surface area contributed by atoms with Crippen molar-refractivity contribution in [2.45, 2.75) is 37.2 Å². The minimum absolute atomic E-state index is 0.337. The van der Waals surface area contributed by atoms with Crippen molar-refractivity contribution in [1.82, 2.24) is 10.3 Å². The quantitative estimate of drug-likeness (QED) is 0.857. The average molecular weight is 323 g/mol. The smallest absolute Gasteiger partial charge is 0.264 e. The number of hydrogen-bond donors (Lipinski definition) is 2. The Hall–Kier alpha value is -1.44. The summed E-state index contributed by atoms with van der Waals surface area (Å²) in [5.74, 6) is 0.349. The summed E-state index contributed by atoms with van der Waals surface area (Å²) >= 11 is 1.46. The predicted octanol–water partition coefficient (Wildman–Crippen LogP) is 2.50. The lowest BCUT2D eigenvalue weighted by molar-refractivity contribution is 0.598. The van der Waals surface area contributed by atoms with Crippen molar-refractivity contribution in [1.29, 1.82) is 0 Å². The monoisotopic (exact) mass is 323 g/mol. The van der Waals surface area contributed by atoms with Gasteiger partial charge in [0.15, 0.2) is 0 Å². The Labute approximate surface area is 128 Å². The maximum Gasteiger partial charge on any atom is 0.264 e. The standard InChI is InChI=1S/C14H17N3O2S2/c1-10-3-2-4-14(16-10)17-21(18,19)13-7-8-20-12(13)9-15-11-5-6-11/h2-4,7-8,11,15H,5-6,9H2,1H3,(H,16,17). The molecule has 0 atom stereocenters. The number of rotatable bonds is 6. The number of nitrogens with zero attached hydrogens (tertiary/aromatic N) is 1. The lowest BCUT2D eigenvalue weighted by Crippen LogP contribution is -2.19. The van der Waals surface area contributed by atoms with Gasteiger partial charge in [0, 0.05) is 23.2 Å². The van der Waals surface area contributed by atoms with Gasteiger partial charge in [0.2, 0.25) is 0 Å². The van der Waals surface area contributed by atoms with Gasteiger partial charge in [-0.25, -0.2) is 13.4 Å². The van der Waals surface area contributed by atoms with Crippen molar-refractivity contribution in [3.05, 3.63) is 40.2 Å². The molecule has 0 unspecified atom stereocenters. The van der Waals surface area contributed by atoms with Crippen LogP contribution in [-0.2, 0) is 16.6 Å². The molecule has 3 rings (SSSR count). The van der Waals surface area contributed by atoms with Gasteiger partial charge in [-0.1, -0.05) is 6.07 Å². The Morgan fingerprint density at radius 2 is 2.14 bits per heavy atom. The van der Waals surface area contributed by atoms with Crippen LogP contribution in [0.2, 0.25) is 0 Å². The molecule has 5 nitrogen and oxygen atoms in total. The van der Waals surface area contributed by atoms with E-state index in [0.717, 1.165) is 10.6 Å². The molecule has 112 valence electrons. The Morgan fingerprint density at radius 3 is 2.86 bits per heavy atom. The fourth-order valence-corrected chi connectivity index (χ4v) is 4.41. The lowest BCUT2D eigenvalue weighted by atomic mass is 10.4. The number of thiophene rings is 1. The van der Waals surface area contributed by atoms with Crippen LogP contribution in [-0.4, -0.2) is 19.4 Å². The van der Waals surface area contributed by atoms with Gasteiger partial charge >= 0.3 is 0 Å². The third kappa shape index (κ3) is 3.61. The molecule has 0 aliphatic heterocycles. The van der Waals surface area contributed by atoms with E-state index in [1.54, 1.807) is 18.2 Å². The summed E-state index contributed by atoms with van der Waals surface area (Å²) in [5.41, 5.74) is 0.774. The van der Waals surface area contributed by atoms with E-state index in [0.29, 0.717) is 23.3 Å². The van der Waals surface area contributed by atoms with Crippen molar-refractivity contribution in [2.75, 3.05) is 4.72 Å². The molecule has 0 amide bonds. The zero-order chi connectivity index (χ0) is 14.9. The third-order valence-electron chi connectivity index (χ3n) is 3.25. The molecule has 2 heterocycles. The van der Waals surface area contributed by atoms with Gasteiger partial charge in [-0.2, -0.15) is 0 Å². The van der Waals surface area contributed by atoms with E-state index in [4.69, 9.17) is 0 Å². The molecule has 2 aromatic heterocycles. The predicted molar refractivity (Wildman–Crippen MR) is 84.0 cm³/mol. The van der Waals surface area contributed by atoms with Gasteiger partial charge in [-0.3, -0.25) is 4.72 Å². The van der Waals surface area contributed by atoms with E-state index in [9.17, 15) is 8.42 Å². The largest absolute Gasteiger partial charge is 0.309 e. The first-order valence-corrected chi connectivity index (χ1v) is 9.17. The van der Waals surface area contributed by atoms with Crippen LogP contribution < -0.4 is 10.0 Å². The highest BCUT2D eigenvalue weighted by Crippen LogP contribution is 2.26. The van der Waals surface area contributed by atoms with Crippen LogP contribution in [0.25, 0.3) is 0 Å². The number of hydrogen-bond acceptors (Lipinski definition) is 5. The number of aromatic nitrogens is 1. The van der Waals surface area contributed by atoms with Crippen LogP contribution in [0.5, 0.6) is 0 Å². The third-order valence-corrected chi connectivity index (χ3v) is 5.74. The summed E-state index contributed by atoms with van der Waals surface area (Å²) in [4.78, 5) is 5.35. The van der Waals surface area contributed by atoms with E-state index in [-0.39, 0.29) is 0 Å². The summed E-state index contributed by atoms with van der Waals surface area (Å²) in [7, 11) is -3.59. The van der Waals surface area contributed by atoms with Gasteiger partial charge in [0.25, 0.3) is 10.0 Å². The summed E-state index contributed by atoms with van der Waals surface area (Å²) in [6.07, 6.45) is 2.36. The minimum atomic E-state index is -3.59. The summed E-state index contributed by atoms with van der Waals surface area (Å²) in [6.45, 7) is 2.42. The fourth-order valence-electron chi connectivity index (χ4n) is 2.01. The number of nitrogens with one attached hydrogen (secondary N) is 2. The molecular weight excluding hydrogens is 306 g/mol. The first-order valence-electron chi connectivity index (χ1n) is 6.81. The molecule has 2 aromatic rings. The molecule has 0 saturated heterocycles. The molecule has 0 bridgehead atoms. The number of pyridine rings is 1. The second kappa shape index (κ2) is 5.75. The Balaban J connectivity index is 1.79. The fraction of sp³-hybridized carbons (Fsp3) is 0.357. The zero-order valence-electron chi connectivity index (χ0n) is 11.7. The molecule has 1 aliphatic carbocycles. The van der Waals surface area contributed by atoms with E-state index in [1.807, 2.05) is 18.4 Å². The summed E-state index contributed by atoms with van der Waals surface area (Å²) in [5, 5.41) is 5.15. The SMILES string of the molecule is Cc1cccc(NS(=O)(=O)c2ccsc2CNC2CC2)n1. The van der Waals surface area contributed by atoms with Crippen molar-refractivity contribution in [3.63, 3.8) is 0 Å². The second-order valence-corrected chi connectivity index (χ2v) is 7.78. The van der Waals surface area contributed by atoms with Gasteiger partial charge in [-0.15, -0.1) is 11.3 Å². The van der Waals surface area contributed by atoms with Crippen LogP contribution in [0, 0.1) is 6.92 Å². The molecule has 0 aromatic carbocycles. The highest BCUT2D eigenvalue weighted by atomic mass is 32.2. The van der Waals surface area contributed by atoms with Crippen LogP contribution in [0.15, 0.2) is 34.5 Å². The van der Waals surface area contributed by atoms with Gasteiger partial charge < -0.3 is 5.32 Å². The zero-order valence-corrected chi connectivity index (χ0v) is 13.3. The summed E-state index contributed by atoms with van der Waals surface area (Å²) in [6, 6.07) is 7.46. The van der Waals surface area contributed by atoms with Crippen molar-refractivity contribution < 1.29 is 8.42 Å². The molecular formula is C14H17N3O2S2. The topological polar surface area (TPSA) is 71.1 Å². The van der Waals surface area contributed by atoms with Crippen molar-refractivity contribution in [2.24, 2.45) is 0 Å². The minimum Gasteiger partial charge on any atom is -0.309 e. The Morgan fingerprint density at radius 1 is 1.33 bits per heavy atom. The molecule has 0 spiro atoms. The maximum absolute atomic E-state index is 12.5. The Bertz CT molecular complexity index is 736. The highest BCUT2D eigenvalue weighted by Gasteiger charge is 2.24. The van der Waals surface area contributed by atoms with Crippen molar-refractivity contribution in [3.8, 4) is 0 Å². The molecule has 1 aliphatic rings. The molecule has 7 heteroatoms. The van der Waals surface area contributed by atoms with Crippen LogP contribution in [0.1, 0.15) is 23.4 Å². The first-order chi connectivity index (χ1) is 10.0. The van der Waals surface area contributed by atoms with Crippen LogP contribution >= 0.6 is 11.3 Å². The first kappa shape index (κ1) is 14.5. The number of aryl methyl sites for hydroxylation is 1.